The van der Waals surface area contributed by atoms with Gasteiger partial charge in [0.05, 0.1) is 12.1 Å². The average molecular weight is 467 g/mol. The Morgan fingerprint density at radius 2 is 1.91 bits per heavy atom. The Morgan fingerprint density at radius 3 is 2.59 bits per heavy atom. The molecule has 182 valence electrons. The zero-order valence-electron chi connectivity index (χ0n) is 19.5. The van der Waals surface area contributed by atoms with Gasteiger partial charge in [0.1, 0.15) is 6.61 Å². The first-order chi connectivity index (χ1) is 16.6. The van der Waals surface area contributed by atoms with E-state index >= 15 is 0 Å². The van der Waals surface area contributed by atoms with Crippen molar-refractivity contribution in [2.24, 2.45) is 17.8 Å². The van der Waals surface area contributed by atoms with Gasteiger partial charge in [0.25, 0.3) is 0 Å². The largest absolute Gasteiger partial charge is 0.462 e. The molecule has 1 saturated carbocycles. The summed E-state index contributed by atoms with van der Waals surface area (Å²) in [7, 11) is 0. The lowest BCUT2D eigenvalue weighted by molar-refractivity contribution is -0.177. The molecule has 1 aromatic heterocycles. The molecule has 34 heavy (non-hydrogen) atoms. The van der Waals surface area contributed by atoms with Crippen molar-refractivity contribution in [1.29, 1.82) is 0 Å². The van der Waals surface area contributed by atoms with Crippen LogP contribution in [0, 0.1) is 17.8 Å². The smallest absolute Gasteiger partial charge is 0.343 e. The van der Waals surface area contributed by atoms with E-state index in [2.05, 4.69) is 20.6 Å². The van der Waals surface area contributed by atoms with Crippen molar-refractivity contribution in [1.82, 2.24) is 15.3 Å². The van der Waals surface area contributed by atoms with Gasteiger partial charge in [0.15, 0.2) is 11.4 Å². The van der Waals surface area contributed by atoms with Crippen molar-refractivity contribution in [3.05, 3.63) is 54.5 Å². The minimum atomic E-state index is -1.72. The first kappa shape index (κ1) is 24.3. The highest BCUT2D eigenvalue weighted by Crippen LogP contribution is 2.40. The van der Waals surface area contributed by atoms with Gasteiger partial charge < -0.3 is 20.5 Å². The van der Waals surface area contributed by atoms with E-state index in [1.807, 2.05) is 18.2 Å². The summed E-state index contributed by atoms with van der Waals surface area (Å²) in [6, 6.07) is 9.06. The maximum Gasteiger partial charge on any atom is 0.343 e. The molecule has 3 atom stereocenters. The number of aliphatic hydroxyl groups is 1. The quantitative estimate of drug-likeness (QED) is 0.513. The Hall–Kier alpha value is -2.84. The molecule has 8 nitrogen and oxygen atoms in total. The van der Waals surface area contributed by atoms with Crippen LogP contribution in [0.4, 0.5) is 5.82 Å². The Kier molecular flexibility index (Phi) is 8.24. The van der Waals surface area contributed by atoms with E-state index in [0.717, 1.165) is 51.5 Å². The number of hydrogen-bond acceptors (Lipinski definition) is 7. The molecular formula is C26H34N4O4. The number of esters is 1. The second kappa shape index (κ2) is 11.5. The number of nitrogens with one attached hydrogen (secondary N) is 2. The fourth-order valence-electron chi connectivity index (χ4n) is 5.24. The van der Waals surface area contributed by atoms with Gasteiger partial charge in [-0.2, -0.15) is 0 Å². The summed E-state index contributed by atoms with van der Waals surface area (Å²) >= 11 is 0. The highest BCUT2D eigenvalue weighted by molar-refractivity contribution is 5.92. The van der Waals surface area contributed by atoms with E-state index < -0.39 is 17.5 Å². The fourth-order valence-corrected chi connectivity index (χ4v) is 5.24. The molecular weight excluding hydrogens is 432 g/mol. The Bertz CT molecular complexity index is 930. The van der Waals surface area contributed by atoms with Gasteiger partial charge in [-0.25, -0.2) is 9.78 Å². The summed E-state index contributed by atoms with van der Waals surface area (Å²) in [6.45, 7) is 1.48. The number of ether oxygens (including phenoxy) is 1. The first-order valence-electron chi connectivity index (χ1n) is 12.3. The number of hydrogen-bond donors (Lipinski definition) is 3. The number of carbonyl (C=O) groups is 2. The summed E-state index contributed by atoms with van der Waals surface area (Å²) in [5.41, 5.74) is -1.18. The number of amides is 1. The molecule has 2 aliphatic rings. The standard InChI is InChI=1S/C26H34N4O4/c31-24(30-23-17-28-14-15-29-23)22(19-8-7-13-27-16-19)18-34-25(32)26(33,20-9-3-1-4-10-20)21-11-5-2-6-12-21/h1,3-4,9-10,14-15,17,19,21-22,27,33H,2,5-8,11-13,16,18H2,(H,29,30,31)/t19-,22?,26?/m0/s1. The maximum absolute atomic E-state index is 13.5. The monoisotopic (exact) mass is 466 g/mol. The second-order valence-corrected chi connectivity index (χ2v) is 9.36. The zero-order valence-corrected chi connectivity index (χ0v) is 19.5. The molecule has 2 heterocycles. The van der Waals surface area contributed by atoms with Gasteiger partial charge in [-0.05, 0) is 50.3 Å². The predicted octanol–water partition coefficient (Wildman–Crippen LogP) is 3.04. The summed E-state index contributed by atoms with van der Waals surface area (Å²) in [5, 5.41) is 17.9. The third-order valence-corrected chi connectivity index (χ3v) is 7.17. The van der Waals surface area contributed by atoms with Gasteiger partial charge in [-0.1, -0.05) is 49.6 Å². The molecule has 1 saturated heterocycles. The summed E-state index contributed by atoms with van der Waals surface area (Å²) in [6.07, 6.45) is 10.9. The van der Waals surface area contributed by atoms with Crippen LogP contribution in [-0.2, 0) is 19.9 Å². The van der Waals surface area contributed by atoms with Crippen LogP contribution in [0.3, 0.4) is 0 Å². The number of aromatic nitrogens is 2. The number of benzene rings is 1. The molecule has 2 fully saturated rings. The van der Waals surface area contributed by atoms with Crippen LogP contribution in [0.2, 0.25) is 0 Å². The highest BCUT2D eigenvalue weighted by atomic mass is 16.6. The van der Waals surface area contributed by atoms with Crippen LogP contribution in [-0.4, -0.2) is 46.6 Å². The average Bonchev–Trinajstić information content (AvgIpc) is 2.90. The van der Waals surface area contributed by atoms with Crippen molar-refractivity contribution < 1.29 is 19.4 Å². The lowest BCUT2D eigenvalue weighted by Gasteiger charge is -2.37. The van der Waals surface area contributed by atoms with E-state index in [1.165, 1.54) is 18.6 Å². The van der Waals surface area contributed by atoms with Crippen molar-refractivity contribution in [3.63, 3.8) is 0 Å². The van der Waals surface area contributed by atoms with Gasteiger partial charge in [-0.15, -0.1) is 0 Å². The molecule has 3 N–H and O–H groups in total. The van der Waals surface area contributed by atoms with Gasteiger partial charge >= 0.3 is 5.97 Å². The van der Waals surface area contributed by atoms with Crippen LogP contribution < -0.4 is 10.6 Å². The normalized spacial score (nSPS) is 21.7. The third-order valence-electron chi connectivity index (χ3n) is 7.17. The fraction of sp³-hybridized carbons (Fsp3) is 0.538. The molecule has 2 aromatic rings. The molecule has 1 aliphatic carbocycles. The van der Waals surface area contributed by atoms with Crippen molar-refractivity contribution in [3.8, 4) is 0 Å². The Balaban J connectivity index is 1.52. The van der Waals surface area contributed by atoms with Crippen LogP contribution in [0.1, 0.15) is 50.5 Å². The van der Waals surface area contributed by atoms with E-state index in [-0.39, 0.29) is 24.3 Å². The van der Waals surface area contributed by atoms with E-state index in [0.29, 0.717) is 17.9 Å². The number of piperidine rings is 1. The molecule has 0 spiro atoms. The summed E-state index contributed by atoms with van der Waals surface area (Å²) < 4.78 is 5.78. The minimum absolute atomic E-state index is 0.0118. The molecule has 8 heteroatoms. The minimum Gasteiger partial charge on any atom is -0.462 e. The lowest BCUT2D eigenvalue weighted by atomic mass is 9.73. The summed E-state index contributed by atoms with van der Waals surface area (Å²) in [4.78, 5) is 34.8. The van der Waals surface area contributed by atoms with Crippen LogP contribution in [0.15, 0.2) is 48.9 Å². The van der Waals surface area contributed by atoms with E-state index in [1.54, 1.807) is 12.1 Å². The Labute approximate surface area is 200 Å². The first-order valence-corrected chi connectivity index (χ1v) is 12.3. The molecule has 2 unspecified atom stereocenters. The van der Waals surface area contributed by atoms with Gasteiger partial charge in [0.2, 0.25) is 5.91 Å². The van der Waals surface area contributed by atoms with Crippen molar-refractivity contribution in [2.75, 3.05) is 25.0 Å². The van der Waals surface area contributed by atoms with Crippen LogP contribution in [0.25, 0.3) is 0 Å². The van der Waals surface area contributed by atoms with E-state index in [9.17, 15) is 14.7 Å². The molecule has 0 bridgehead atoms. The maximum atomic E-state index is 13.5. The van der Waals surface area contributed by atoms with E-state index in [4.69, 9.17) is 4.74 Å². The predicted molar refractivity (Wildman–Crippen MR) is 128 cm³/mol. The van der Waals surface area contributed by atoms with Crippen molar-refractivity contribution in [2.45, 2.75) is 50.5 Å². The highest BCUT2D eigenvalue weighted by Gasteiger charge is 2.47. The van der Waals surface area contributed by atoms with Crippen LogP contribution in [0.5, 0.6) is 0 Å². The third kappa shape index (κ3) is 5.62. The number of carbonyl (C=O) groups excluding carboxylic acids is 2. The molecule has 1 amide bonds. The topological polar surface area (TPSA) is 113 Å². The molecule has 1 aromatic carbocycles. The number of nitrogens with zero attached hydrogens (tertiary/aromatic N) is 2. The zero-order chi connectivity index (χ0) is 23.8. The number of anilines is 1. The van der Waals surface area contributed by atoms with Crippen LogP contribution >= 0.6 is 0 Å². The lowest BCUT2D eigenvalue weighted by Crippen LogP contribution is -2.47. The van der Waals surface area contributed by atoms with Gasteiger partial charge in [0, 0.05) is 18.3 Å². The molecule has 4 rings (SSSR count). The van der Waals surface area contributed by atoms with Gasteiger partial charge in [-0.3, -0.25) is 9.78 Å². The number of rotatable bonds is 8. The second-order valence-electron chi connectivity index (χ2n) is 9.36. The SMILES string of the molecule is O=C(Nc1cnccn1)C(COC(=O)C(O)(c1ccccc1)C1CCCCC1)[C@H]1CCCNC1. The Morgan fingerprint density at radius 1 is 1.12 bits per heavy atom. The summed E-state index contributed by atoms with van der Waals surface area (Å²) in [5.74, 6) is -1.34. The molecule has 0 radical (unpaired) electrons. The van der Waals surface area contributed by atoms with Crippen molar-refractivity contribution >= 4 is 17.7 Å². The molecule has 1 aliphatic heterocycles.